The van der Waals surface area contributed by atoms with Crippen LogP contribution in [0, 0.1) is 12.8 Å². The quantitative estimate of drug-likeness (QED) is 0.816. The molecule has 2 fully saturated rings. The molecule has 1 aromatic carbocycles. The largest absolute Gasteiger partial charge is 0.481 e. The van der Waals surface area contributed by atoms with E-state index in [0.717, 1.165) is 0 Å². The van der Waals surface area contributed by atoms with Crippen LogP contribution in [0.1, 0.15) is 22.3 Å². The molecule has 3 rings (SSSR count). The molecule has 1 N–H and O–H groups in total. The second-order valence-electron chi connectivity index (χ2n) is 6.57. The summed E-state index contributed by atoms with van der Waals surface area (Å²) in [5.74, 6) is -1.83. The van der Waals surface area contributed by atoms with Gasteiger partial charge in [-0.05, 0) is 31.0 Å². The number of ether oxygens (including phenoxy) is 1. The predicted octanol–water partition coefficient (Wildman–Crippen LogP) is 0.563. The Labute approximate surface area is 152 Å². The zero-order chi connectivity index (χ0) is 18.9. The van der Waals surface area contributed by atoms with Crippen LogP contribution >= 0.6 is 0 Å². The molecule has 0 radical (unpaired) electrons. The fourth-order valence-electron chi connectivity index (χ4n) is 3.27. The van der Waals surface area contributed by atoms with Crippen LogP contribution in [0.5, 0.6) is 0 Å². The zero-order valence-electron chi connectivity index (χ0n) is 14.6. The van der Waals surface area contributed by atoms with Crippen molar-refractivity contribution in [1.29, 1.82) is 0 Å². The van der Waals surface area contributed by atoms with E-state index in [1.165, 1.54) is 15.3 Å². The van der Waals surface area contributed by atoms with Crippen LogP contribution < -0.4 is 0 Å². The number of carbonyl (C=O) groups is 2. The maximum absolute atomic E-state index is 12.9. The number of carbonyl (C=O) groups excluding carboxylic acids is 1. The Morgan fingerprint density at radius 1 is 1.19 bits per heavy atom. The lowest BCUT2D eigenvalue weighted by Gasteiger charge is -2.27. The fraction of sp³-hybridized carbons (Fsp3) is 0.529. The molecule has 1 aromatic rings. The van der Waals surface area contributed by atoms with Crippen molar-refractivity contribution in [3.8, 4) is 0 Å². The number of aryl methyl sites for hydroxylation is 1. The average Bonchev–Trinajstić information content (AvgIpc) is 3.12. The Bertz CT molecular complexity index is 817. The second kappa shape index (κ2) is 7.34. The number of carboxylic acids is 1. The number of aliphatic carboxylic acids is 1. The van der Waals surface area contributed by atoms with E-state index in [1.54, 1.807) is 19.1 Å². The molecule has 2 heterocycles. The van der Waals surface area contributed by atoms with Crippen molar-refractivity contribution in [3.05, 3.63) is 29.3 Å². The van der Waals surface area contributed by atoms with Crippen LogP contribution in [-0.4, -0.2) is 74.0 Å². The lowest BCUT2D eigenvalue weighted by atomic mass is 10.1. The van der Waals surface area contributed by atoms with Crippen molar-refractivity contribution >= 4 is 21.9 Å². The lowest BCUT2D eigenvalue weighted by Crippen LogP contribution is -2.41. The van der Waals surface area contributed by atoms with E-state index in [-0.39, 0.29) is 36.0 Å². The van der Waals surface area contributed by atoms with Crippen LogP contribution in [-0.2, 0) is 19.6 Å². The minimum atomic E-state index is -3.71. The van der Waals surface area contributed by atoms with Crippen molar-refractivity contribution in [2.75, 3.05) is 39.4 Å². The molecule has 0 aromatic heterocycles. The minimum absolute atomic E-state index is 0.110. The van der Waals surface area contributed by atoms with Crippen LogP contribution in [0.25, 0.3) is 0 Å². The molecule has 26 heavy (non-hydrogen) atoms. The van der Waals surface area contributed by atoms with Gasteiger partial charge in [-0.1, -0.05) is 6.07 Å². The zero-order valence-corrected chi connectivity index (χ0v) is 15.4. The number of hydrogen-bond donors (Lipinski definition) is 1. The molecule has 0 saturated carbocycles. The normalized spacial score (nSPS) is 21.7. The van der Waals surface area contributed by atoms with Gasteiger partial charge in [0.15, 0.2) is 0 Å². The summed E-state index contributed by atoms with van der Waals surface area (Å²) < 4.78 is 32.4. The highest BCUT2D eigenvalue weighted by Crippen LogP contribution is 2.25. The molecule has 2 saturated heterocycles. The lowest BCUT2D eigenvalue weighted by molar-refractivity contribution is -0.141. The summed E-state index contributed by atoms with van der Waals surface area (Å²) in [6, 6.07) is 4.60. The summed E-state index contributed by atoms with van der Waals surface area (Å²) in [5.41, 5.74) is 0.825. The monoisotopic (exact) mass is 382 g/mol. The summed E-state index contributed by atoms with van der Waals surface area (Å²) >= 11 is 0. The number of morpholine rings is 1. The third-order valence-electron chi connectivity index (χ3n) is 4.85. The van der Waals surface area contributed by atoms with Crippen molar-refractivity contribution in [2.45, 2.75) is 18.2 Å². The van der Waals surface area contributed by atoms with Gasteiger partial charge in [0.25, 0.3) is 5.91 Å². The van der Waals surface area contributed by atoms with E-state index in [4.69, 9.17) is 9.84 Å². The van der Waals surface area contributed by atoms with Crippen molar-refractivity contribution < 1.29 is 27.9 Å². The summed E-state index contributed by atoms with van der Waals surface area (Å²) in [6.45, 7) is 3.46. The van der Waals surface area contributed by atoms with Crippen molar-refractivity contribution in [3.63, 3.8) is 0 Å². The van der Waals surface area contributed by atoms with E-state index in [1.807, 2.05) is 0 Å². The highest BCUT2D eigenvalue weighted by Gasteiger charge is 2.33. The Morgan fingerprint density at radius 3 is 2.50 bits per heavy atom. The maximum atomic E-state index is 12.9. The van der Waals surface area contributed by atoms with Gasteiger partial charge in [0, 0.05) is 31.7 Å². The van der Waals surface area contributed by atoms with Crippen LogP contribution in [0.2, 0.25) is 0 Å². The average molecular weight is 382 g/mol. The van der Waals surface area contributed by atoms with Crippen molar-refractivity contribution in [2.24, 2.45) is 5.92 Å². The molecule has 142 valence electrons. The predicted molar refractivity (Wildman–Crippen MR) is 92.4 cm³/mol. The highest BCUT2D eigenvalue weighted by atomic mass is 32.2. The first kappa shape index (κ1) is 18.8. The molecule has 0 aliphatic carbocycles. The summed E-state index contributed by atoms with van der Waals surface area (Å²) in [5, 5.41) is 9.08. The number of benzene rings is 1. The number of hydrogen-bond acceptors (Lipinski definition) is 5. The van der Waals surface area contributed by atoms with Gasteiger partial charge < -0.3 is 14.7 Å². The van der Waals surface area contributed by atoms with Gasteiger partial charge in [-0.3, -0.25) is 9.59 Å². The number of likely N-dealkylation sites (tertiary alicyclic amines) is 1. The molecule has 1 atom stereocenters. The van der Waals surface area contributed by atoms with Gasteiger partial charge in [-0.2, -0.15) is 4.31 Å². The van der Waals surface area contributed by atoms with Gasteiger partial charge in [0.05, 0.1) is 24.0 Å². The second-order valence-corrected chi connectivity index (χ2v) is 8.48. The topological polar surface area (TPSA) is 104 Å². The third kappa shape index (κ3) is 3.60. The first-order chi connectivity index (χ1) is 12.3. The molecule has 2 aliphatic heterocycles. The van der Waals surface area contributed by atoms with Crippen molar-refractivity contribution in [1.82, 2.24) is 9.21 Å². The van der Waals surface area contributed by atoms with E-state index >= 15 is 0 Å². The smallest absolute Gasteiger partial charge is 0.308 e. The molecule has 2 aliphatic rings. The number of amides is 1. The fourth-order valence-corrected chi connectivity index (χ4v) is 4.92. The molecular weight excluding hydrogens is 360 g/mol. The Hall–Kier alpha value is -1.97. The molecule has 1 amide bonds. The van der Waals surface area contributed by atoms with Crippen LogP contribution in [0.15, 0.2) is 23.1 Å². The van der Waals surface area contributed by atoms with E-state index < -0.39 is 21.9 Å². The molecule has 9 heteroatoms. The number of nitrogens with zero attached hydrogens (tertiary/aromatic N) is 2. The highest BCUT2D eigenvalue weighted by molar-refractivity contribution is 7.89. The molecule has 8 nitrogen and oxygen atoms in total. The first-order valence-electron chi connectivity index (χ1n) is 8.51. The third-order valence-corrected chi connectivity index (χ3v) is 6.89. The van der Waals surface area contributed by atoms with Gasteiger partial charge in [-0.15, -0.1) is 0 Å². The van der Waals surface area contributed by atoms with Gasteiger partial charge in [-0.25, -0.2) is 8.42 Å². The number of carboxylic acid groups (broad SMARTS) is 1. The number of sulfonamides is 1. The van der Waals surface area contributed by atoms with Gasteiger partial charge in [0.1, 0.15) is 0 Å². The van der Waals surface area contributed by atoms with Crippen LogP contribution in [0.4, 0.5) is 0 Å². The molecule has 0 spiro atoms. The molecule has 1 unspecified atom stereocenters. The summed E-state index contributed by atoms with van der Waals surface area (Å²) in [6.07, 6.45) is 0.409. The summed E-state index contributed by atoms with van der Waals surface area (Å²) in [7, 11) is -3.71. The summed E-state index contributed by atoms with van der Waals surface area (Å²) in [4.78, 5) is 25.3. The number of rotatable bonds is 4. The Morgan fingerprint density at radius 2 is 1.88 bits per heavy atom. The SMILES string of the molecule is Cc1ccc(C(=O)N2CCC(C(=O)O)C2)cc1S(=O)(=O)N1CCOCC1. The minimum Gasteiger partial charge on any atom is -0.481 e. The standard InChI is InChI=1S/C17H22N2O6S/c1-12-2-3-13(16(20)18-5-4-14(11-18)17(21)22)10-15(12)26(23,24)19-6-8-25-9-7-19/h2-3,10,14H,4-9,11H2,1H3,(H,21,22). The Kier molecular flexibility index (Phi) is 5.31. The van der Waals surface area contributed by atoms with Gasteiger partial charge >= 0.3 is 5.97 Å². The first-order valence-corrected chi connectivity index (χ1v) is 9.95. The Balaban J connectivity index is 1.86. The maximum Gasteiger partial charge on any atom is 0.308 e. The van der Waals surface area contributed by atoms with Crippen LogP contribution in [0.3, 0.4) is 0 Å². The van der Waals surface area contributed by atoms with Gasteiger partial charge in [0.2, 0.25) is 10.0 Å². The van der Waals surface area contributed by atoms with E-state index in [9.17, 15) is 18.0 Å². The van der Waals surface area contributed by atoms with E-state index in [2.05, 4.69) is 0 Å². The molecular formula is C17H22N2O6S. The molecule has 0 bridgehead atoms. The van der Waals surface area contributed by atoms with E-state index in [0.29, 0.717) is 31.7 Å².